The third kappa shape index (κ3) is 9.59. The van der Waals surface area contributed by atoms with Gasteiger partial charge in [-0.15, -0.1) is 11.8 Å². The fourth-order valence-electron chi connectivity index (χ4n) is 4.69. The van der Waals surface area contributed by atoms with E-state index in [1.54, 1.807) is 66.7 Å². The molecule has 1 atom stereocenters. The molecule has 0 aliphatic carbocycles. The van der Waals surface area contributed by atoms with Crippen LogP contribution in [-0.2, 0) is 9.59 Å². The molecule has 5 rings (SSSR count). The Kier molecular flexibility index (Phi) is 11.5. The first-order valence-electron chi connectivity index (χ1n) is 14.9. The Hall–Kier alpha value is -4.82. The summed E-state index contributed by atoms with van der Waals surface area (Å²) in [6, 6.07) is 38.5. The van der Waals surface area contributed by atoms with Gasteiger partial charge in [0.25, 0.3) is 11.8 Å². The second-order valence-electron chi connectivity index (χ2n) is 10.5. The van der Waals surface area contributed by atoms with Crippen LogP contribution in [0.15, 0.2) is 138 Å². The van der Waals surface area contributed by atoms with Crippen molar-refractivity contribution in [3.05, 3.63) is 154 Å². The molecule has 0 saturated heterocycles. The highest BCUT2D eigenvalue weighted by Gasteiger charge is 2.20. The normalized spacial score (nSPS) is 11.8. The van der Waals surface area contributed by atoms with Gasteiger partial charge in [0, 0.05) is 31.9 Å². The number of benzene rings is 5. The maximum atomic E-state index is 13.6. The first kappa shape index (κ1) is 33.5. The van der Waals surface area contributed by atoms with Crippen molar-refractivity contribution in [3.63, 3.8) is 0 Å². The van der Waals surface area contributed by atoms with Crippen molar-refractivity contribution in [1.82, 2.24) is 5.32 Å². The van der Waals surface area contributed by atoms with E-state index < -0.39 is 17.1 Å². The Balaban J connectivity index is 1.33. The number of halogens is 2. The molecule has 0 aliphatic rings. The van der Waals surface area contributed by atoms with E-state index in [9.17, 15) is 14.4 Å². The highest BCUT2D eigenvalue weighted by Crippen LogP contribution is 2.30. The molecule has 0 aromatic heterocycles. The minimum atomic E-state index is -0.494. The van der Waals surface area contributed by atoms with E-state index in [-0.39, 0.29) is 11.6 Å². The van der Waals surface area contributed by atoms with E-state index in [1.165, 1.54) is 11.8 Å². The summed E-state index contributed by atoms with van der Waals surface area (Å²) in [5.41, 5.74) is 4.38. The minimum absolute atomic E-state index is 0.0790. The molecule has 6 nitrogen and oxygen atoms in total. The molecule has 236 valence electrons. The van der Waals surface area contributed by atoms with Gasteiger partial charge < -0.3 is 16.0 Å². The molecular formula is C38H31Cl2N3O3S. The Labute approximate surface area is 288 Å². The maximum absolute atomic E-state index is 13.6. The van der Waals surface area contributed by atoms with Crippen molar-refractivity contribution < 1.29 is 14.4 Å². The van der Waals surface area contributed by atoms with Crippen LogP contribution in [0.2, 0.25) is 10.0 Å². The molecule has 47 heavy (non-hydrogen) atoms. The molecule has 0 saturated carbocycles. The summed E-state index contributed by atoms with van der Waals surface area (Å²) in [6.45, 7) is 1.92. The summed E-state index contributed by atoms with van der Waals surface area (Å²) in [4.78, 5) is 40.6. The third-order valence-corrected chi connectivity index (χ3v) is 8.82. The lowest BCUT2D eigenvalue weighted by atomic mass is 10.0. The summed E-state index contributed by atoms with van der Waals surface area (Å²) >= 11 is 13.5. The Morgan fingerprint density at radius 3 is 2.00 bits per heavy atom. The first-order chi connectivity index (χ1) is 22.8. The van der Waals surface area contributed by atoms with Crippen molar-refractivity contribution in [3.8, 4) is 11.1 Å². The fourth-order valence-corrected chi connectivity index (χ4v) is 6.23. The number of amides is 3. The fraction of sp³-hybridized carbons (Fsp3) is 0.0789. The van der Waals surface area contributed by atoms with Crippen LogP contribution in [0.1, 0.15) is 29.3 Å². The van der Waals surface area contributed by atoms with Crippen LogP contribution in [0.5, 0.6) is 0 Å². The molecular weight excluding hydrogens is 649 g/mol. The van der Waals surface area contributed by atoms with Gasteiger partial charge in [-0.05, 0) is 77.7 Å². The van der Waals surface area contributed by atoms with Crippen molar-refractivity contribution in [1.29, 1.82) is 0 Å². The predicted molar refractivity (Wildman–Crippen MR) is 194 cm³/mol. The van der Waals surface area contributed by atoms with Gasteiger partial charge in [0.05, 0.1) is 5.25 Å². The summed E-state index contributed by atoms with van der Waals surface area (Å²) < 4.78 is 0. The third-order valence-electron chi connectivity index (χ3n) is 7.02. The molecule has 0 aliphatic heterocycles. The van der Waals surface area contributed by atoms with Crippen LogP contribution in [0.4, 0.5) is 11.4 Å². The van der Waals surface area contributed by atoms with Crippen LogP contribution in [0, 0.1) is 0 Å². The van der Waals surface area contributed by atoms with Crippen molar-refractivity contribution in [2.24, 2.45) is 0 Å². The average Bonchev–Trinajstić information content (AvgIpc) is 3.07. The molecule has 0 fully saturated rings. The van der Waals surface area contributed by atoms with Gasteiger partial charge in [0.2, 0.25) is 5.91 Å². The second-order valence-corrected chi connectivity index (χ2v) is 12.7. The summed E-state index contributed by atoms with van der Waals surface area (Å²) in [5.74, 6) is -1.10. The lowest BCUT2D eigenvalue weighted by Crippen LogP contribution is -2.30. The quantitative estimate of drug-likeness (QED) is 0.0958. The number of carbonyl (C=O) groups is 3. The molecule has 3 amide bonds. The Morgan fingerprint density at radius 2 is 1.34 bits per heavy atom. The Bertz CT molecular complexity index is 1880. The number of carbonyl (C=O) groups excluding carboxylic acids is 3. The smallest absolute Gasteiger partial charge is 0.272 e. The molecule has 5 aromatic rings. The van der Waals surface area contributed by atoms with Gasteiger partial charge in [-0.25, -0.2) is 0 Å². The topological polar surface area (TPSA) is 87.3 Å². The van der Waals surface area contributed by atoms with Crippen LogP contribution < -0.4 is 16.0 Å². The standard InChI is InChI=1S/C38H31Cl2N3O3S/c1-2-35(38(46)42-32-22-29(39)21-30(40)23-32)47-33-15-9-14-31(24-33)41-37(45)34(43-36(44)28-12-7-4-8-13-28)20-25-16-18-27(19-17-25)26-10-5-3-6-11-26/h3-24,35H,2H2,1H3,(H,41,45)(H,42,46)(H,43,44)/b34-20+. The van der Waals surface area contributed by atoms with Gasteiger partial charge >= 0.3 is 0 Å². The highest BCUT2D eigenvalue weighted by molar-refractivity contribution is 8.00. The molecule has 1 unspecified atom stereocenters. The van der Waals surface area contributed by atoms with Crippen LogP contribution in [-0.4, -0.2) is 23.0 Å². The minimum Gasteiger partial charge on any atom is -0.325 e. The van der Waals surface area contributed by atoms with E-state index in [0.717, 1.165) is 21.6 Å². The highest BCUT2D eigenvalue weighted by atomic mass is 35.5. The molecule has 5 aromatic carbocycles. The van der Waals surface area contributed by atoms with Gasteiger partial charge in [-0.2, -0.15) is 0 Å². The summed E-state index contributed by atoms with van der Waals surface area (Å²) in [5, 5.41) is 9.00. The number of nitrogens with one attached hydrogen (secondary N) is 3. The maximum Gasteiger partial charge on any atom is 0.272 e. The largest absolute Gasteiger partial charge is 0.325 e. The molecule has 0 bridgehead atoms. The van der Waals surface area contributed by atoms with Crippen molar-refractivity contribution in [2.75, 3.05) is 10.6 Å². The number of rotatable bonds is 11. The zero-order valence-electron chi connectivity index (χ0n) is 25.4. The molecule has 9 heteroatoms. The molecule has 0 radical (unpaired) electrons. The van der Waals surface area contributed by atoms with Gasteiger partial charge in [-0.3, -0.25) is 14.4 Å². The predicted octanol–water partition coefficient (Wildman–Crippen LogP) is 9.58. The van der Waals surface area contributed by atoms with Gasteiger partial charge in [-0.1, -0.05) is 109 Å². The lowest BCUT2D eigenvalue weighted by molar-refractivity contribution is -0.116. The number of hydrogen-bond acceptors (Lipinski definition) is 4. The van der Waals surface area contributed by atoms with Gasteiger partial charge in [0.15, 0.2) is 0 Å². The van der Waals surface area contributed by atoms with E-state index in [4.69, 9.17) is 23.2 Å². The lowest BCUT2D eigenvalue weighted by Gasteiger charge is -2.16. The van der Waals surface area contributed by atoms with E-state index in [0.29, 0.717) is 33.4 Å². The SMILES string of the molecule is CCC(Sc1cccc(NC(=O)/C(=C\c2ccc(-c3ccccc3)cc2)NC(=O)c2ccccc2)c1)C(=O)Nc1cc(Cl)cc(Cl)c1. The average molecular weight is 681 g/mol. The van der Waals surface area contributed by atoms with Crippen molar-refractivity contribution >= 4 is 70.1 Å². The zero-order valence-corrected chi connectivity index (χ0v) is 27.7. The molecule has 0 spiro atoms. The molecule has 0 heterocycles. The number of thioether (sulfide) groups is 1. The van der Waals surface area contributed by atoms with Gasteiger partial charge in [0.1, 0.15) is 5.70 Å². The number of anilines is 2. The van der Waals surface area contributed by atoms with Crippen LogP contribution in [0.3, 0.4) is 0 Å². The van der Waals surface area contributed by atoms with E-state index in [1.807, 2.05) is 73.7 Å². The van der Waals surface area contributed by atoms with Crippen LogP contribution in [0.25, 0.3) is 17.2 Å². The Morgan fingerprint density at radius 1 is 0.702 bits per heavy atom. The second kappa shape index (κ2) is 16.1. The van der Waals surface area contributed by atoms with Crippen LogP contribution >= 0.6 is 35.0 Å². The summed E-state index contributed by atoms with van der Waals surface area (Å²) in [6.07, 6.45) is 2.20. The summed E-state index contributed by atoms with van der Waals surface area (Å²) in [7, 11) is 0. The molecule has 3 N–H and O–H groups in total. The zero-order chi connectivity index (χ0) is 33.2. The number of hydrogen-bond donors (Lipinski definition) is 3. The van der Waals surface area contributed by atoms with E-state index >= 15 is 0 Å². The first-order valence-corrected chi connectivity index (χ1v) is 16.5. The van der Waals surface area contributed by atoms with Crippen molar-refractivity contribution in [2.45, 2.75) is 23.5 Å². The van der Waals surface area contributed by atoms with E-state index in [2.05, 4.69) is 16.0 Å². The monoisotopic (exact) mass is 679 g/mol.